The quantitative estimate of drug-likeness (QED) is 0.166. The van der Waals surface area contributed by atoms with Crippen LogP contribution in [0.3, 0.4) is 0 Å². The van der Waals surface area contributed by atoms with Crippen molar-refractivity contribution in [2.75, 3.05) is 60.8 Å². The lowest BCUT2D eigenvalue weighted by atomic mass is 9.89. The SMILES string of the molecule is COc1ccc2c(c1)OC1c3ccc(C)cc3OCC21.COc1ccc2c(c1)OC1c3ccc(O)cc3OCC21.Cc1ccc2c(c1)OCC1c3cc4c(cc3OC21)OCO4.Cc1ccc2c(c1)OCC1c3ccccc3OC21.Oc1ccc2c(c1)OCC1c3cc4c(cc3OC21)OCO4. The molecule has 0 saturated carbocycles. The molecule has 18 nitrogen and oxygen atoms in total. The first-order valence-electron chi connectivity index (χ1n) is 33.7. The van der Waals surface area contributed by atoms with E-state index in [1.165, 1.54) is 33.4 Å². The number of phenolic OH excluding ortho intramolecular Hbond substituents is 2. The van der Waals surface area contributed by atoms with Crippen LogP contribution in [0.15, 0.2) is 176 Å². The van der Waals surface area contributed by atoms with Crippen LogP contribution in [0.5, 0.6) is 103 Å². The van der Waals surface area contributed by atoms with Gasteiger partial charge in [-0.15, -0.1) is 0 Å². The van der Waals surface area contributed by atoms with E-state index in [1.807, 2.05) is 78.9 Å². The standard InChI is InChI=1S/C17H14O4.C17H16O3.C16H12O5.C16H14O4.C16H14O2/c1-9-2-3-10-13(4-9)18-7-12-11-5-15-16(20-8-19-15)6-14(11)21-17(10)12;1-10-3-5-13-15(7-10)19-9-14-12-6-4-11(18-2)8-16(12)20-17(13)14;17-8-1-2-9-12(3-8)18-6-11-10-4-14-15(20-7-19-14)5-13(10)21-16(9)11;1-18-10-3-5-11-13-8-19-14-6-9(17)2-4-12(14)16(13)20-15(11)7-10;1-10-6-7-12-15(8-10)17-9-13-11-4-2-3-5-14(11)18-16(12)13/h2-6,12,17H,7-8H2,1H3;3-8,14,17H,9H2,1-2H3;1-5,11,16-17H,6-7H2;2-7,13,16-17H,8H2,1H3;2-8,13,16H,9H2,1H3. The van der Waals surface area contributed by atoms with Gasteiger partial charge in [-0.05, 0) is 110 Å². The molecule has 10 aromatic rings. The van der Waals surface area contributed by atoms with E-state index in [2.05, 4.69) is 93.6 Å². The molecule has 0 aromatic heterocycles. The van der Waals surface area contributed by atoms with Crippen LogP contribution in [0.4, 0.5) is 0 Å². The Kier molecular flexibility index (Phi) is 15.0. The van der Waals surface area contributed by atoms with Crippen LogP contribution in [0, 0.1) is 20.8 Å². The number of aromatic hydroxyl groups is 2. The number of aryl methyl sites for hydroxylation is 3. The molecule has 18 heteroatoms. The number of methoxy groups -OCH3 is 2. The van der Waals surface area contributed by atoms with Crippen molar-refractivity contribution in [2.45, 2.75) is 80.9 Å². The first-order chi connectivity index (χ1) is 48.9. The summed E-state index contributed by atoms with van der Waals surface area (Å²) in [6, 6.07) is 57.3. The number of para-hydroxylation sites is 1. The highest BCUT2D eigenvalue weighted by atomic mass is 16.7. The zero-order valence-electron chi connectivity index (χ0n) is 55.4. The average molecular weight is 1340 g/mol. The topological polar surface area (TPSA) is 188 Å². The highest BCUT2D eigenvalue weighted by Gasteiger charge is 2.46. The molecule has 0 radical (unpaired) electrons. The van der Waals surface area contributed by atoms with E-state index in [0.29, 0.717) is 50.5 Å². The molecule has 0 amide bonds. The van der Waals surface area contributed by atoms with Gasteiger partial charge in [0.1, 0.15) is 111 Å². The van der Waals surface area contributed by atoms with Gasteiger partial charge in [0.25, 0.3) is 0 Å². The van der Waals surface area contributed by atoms with Crippen molar-refractivity contribution >= 4 is 0 Å². The fraction of sp³-hybridized carbons (Fsp3) is 0.268. The summed E-state index contributed by atoms with van der Waals surface area (Å²) in [5.41, 5.74) is 14.9. The zero-order chi connectivity index (χ0) is 67.4. The lowest BCUT2D eigenvalue weighted by Gasteiger charge is -2.28. The maximum atomic E-state index is 9.56. The average Bonchev–Trinajstić information content (AvgIpc) is 1.62. The third-order valence-electron chi connectivity index (χ3n) is 20.6. The molecule has 12 aliphatic rings. The van der Waals surface area contributed by atoms with Gasteiger partial charge >= 0.3 is 0 Å². The predicted molar refractivity (Wildman–Crippen MR) is 365 cm³/mol. The van der Waals surface area contributed by atoms with Crippen LogP contribution in [-0.4, -0.2) is 71.1 Å². The minimum Gasteiger partial charge on any atom is -0.508 e. The highest BCUT2D eigenvalue weighted by molar-refractivity contribution is 5.61. The molecule has 0 spiro atoms. The first-order valence-corrected chi connectivity index (χ1v) is 33.7. The Morgan fingerprint density at radius 3 is 0.940 bits per heavy atom. The van der Waals surface area contributed by atoms with E-state index in [4.69, 9.17) is 75.8 Å². The van der Waals surface area contributed by atoms with Gasteiger partial charge in [0.15, 0.2) is 23.0 Å². The summed E-state index contributed by atoms with van der Waals surface area (Å²) >= 11 is 0. The molecule has 12 heterocycles. The Hall–Kier alpha value is -11.4. The Morgan fingerprint density at radius 2 is 0.560 bits per heavy atom. The second kappa shape index (κ2) is 24.5. The van der Waals surface area contributed by atoms with Crippen molar-refractivity contribution in [3.8, 4) is 103 Å². The van der Waals surface area contributed by atoms with E-state index >= 15 is 0 Å². The lowest BCUT2D eigenvalue weighted by Crippen LogP contribution is -2.23. The number of hydrogen-bond donors (Lipinski definition) is 2. The molecule has 2 N–H and O–H groups in total. The monoisotopic (exact) mass is 1340 g/mol. The molecule has 0 fully saturated rings. The number of rotatable bonds is 2. The second-order valence-corrected chi connectivity index (χ2v) is 26.7. The molecule has 12 aliphatic heterocycles. The minimum atomic E-state index is -0.0909. The van der Waals surface area contributed by atoms with Gasteiger partial charge in [-0.3, -0.25) is 0 Å². The van der Waals surface area contributed by atoms with Crippen molar-refractivity contribution in [3.05, 3.63) is 248 Å². The number of fused-ring (bicyclic) bond motifs is 27. The van der Waals surface area contributed by atoms with Gasteiger partial charge in [-0.2, -0.15) is 0 Å². The molecule has 10 unspecified atom stereocenters. The normalized spacial score (nSPS) is 23.0. The molecule has 0 aliphatic carbocycles. The summed E-state index contributed by atoms with van der Waals surface area (Å²) in [5, 5.41) is 19.1. The Balaban J connectivity index is 0.0000000902. The number of hydrogen-bond acceptors (Lipinski definition) is 18. The fourth-order valence-electron chi connectivity index (χ4n) is 15.5. The van der Waals surface area contributed by atoms with E-state index in [1.54, 1.807) is 38.5 Å². The van der Waals surface area contributed by atoms with Gasteiger partial charge < -0.3 is 86.0 Å². The summed E-state index contributed by atoms with van der Waals surface area (Å²) in [4.78, 5) is 0. The molecule has 100 heavy (non-hydrogen) atoms. The van der Waals surface area contributed by atoms with Crippen LogP contribution in [0.25, 0.3) is 0 Å². The third-order valence-corrected chi connectivity index (χ3v) is 20.6. The van der Waals surface area contributed by atoms with Gasteiger partial charge in [0.2, 0.25) is 13.6 Å². The molecule has 10 atom stereocenters. The van der Waals surface area contributed by atoms with Gasteiger partial charge in [0.05, 0.1) is 76.8 Å². The Bertz CT molecular complexity index is 4640. The van der Waals surface area contributed by atoms with Crippen molar-refractivity contribution in [2.24, 2.45) is 0 Å². The number of ether oxygens (including phenoxy) is 16. The van der Waals surface area contributed by atoms with Crippen molar-refractivity contribution in [1.29, 1.82) is 0 Å². The first kappa shape index (κ1) is 61.0. The van der Waals surface area contributed by atoms with E-state index in [-0.39, 0.29) is 79.3 Å². The summed E-state index contributed by atoms with van der Waals surface area (Å²) in [5.74, 6) is 14.9. The smallest absolute Gasteiger partial charge is 0.231 e. The van der Waals surface area contributed by atoms with Crippen LogP contribution in [0.2, 0.25) is 0 Å². The number of phenols is 2. The van der Waals surface area contributed by atoms with Crippen molar-refractivity contribution in [1.82, 2.24) is 0 Å². The maximum Gasteiger partial charge on any atom is 0.231 e. The highest BCUT2D eigenvalue weighted by Crippen LogP contribution is 2.59. The van der Waals surface area contributed by atoms with E-state index < -0.39 is 0 Å². The van der Waals surface area contributed by atoms with Crippen molar-refractivity contribution < 1.29 is 86.0 Å². The second-order valence-electron chi connectivity index (χ2n) is 26.7. The van der Waals surface area contributed by atoms with Crippen LogP contribution in [0.1, 0.15) is 132 Å². The summed E-state index contributed by atoms with van der Waals surface area (Å²) < 4.78 is 92.2. The van der Waals surface area contributed by atoms with E-state index in [0.717, 1.165) is 119 Å². The van der Waals surface area contributed by atoms with Crippen molar-refractivity contribution in [3.63, 3.8) is 0 Å². The Labute approximate surface area is 576 Å². The maximum absolute atomic E-state index is 9.56. The molecule has 0 saturated heterocycles. The third kappa shape index (κ3) is 10.7. The summed E-state index contributed by atoms with van der Waals surface area (Å²) in [6.07, 6.45) is 0.0495. The molecular formula is C82H70O18. The Morgan fingerprint density at radius 1 is 0.260 bits per heavy atom. The predicted octanol–water partition coefficient (Wildman–Crippen LogP) is 16.3. The van der Waals surface area contributed by atoms with Crippen LogP contribution < -0.4 is 75.8 Å². The number of benzene rings is 10. The molecule has 0 bridgehead atoms. The van der Waals surface area contributed by atoms with Gasteiger partial charge in [-0.1, -0.05) is 66.7 Å². The summed E-state index contributed by atoms with van der Waals surface area (Å²) in [7, 11) is 3.32. The molecule has 10 aromatic carbocycles. The largest absolute Gasteiger partial charge is 0.508 e. The van der Waals surface area contributed by atoms with Crippen LogP contribution >= 0.6 is 0 Å². The van der Waals surface area contributed by atoms with E-state index in [9.17, 15) is 10.2 Å². The lowest BCUT2D eigenvalue weighted by molar-refractivity contribution is 0.138. The molecular weight excluding hydrogens is 1270 g/mol. The molecule has 22 rings (SSSR count). The summed E-state index contributed by atoms with van der Waals surface area (Å²) in [6.45, 7) is 9.85. The van der Waals surface area contributed by atoms with Gasteiger partial charge in [0, 0.05) is 92.0 Å². The minimum absolute atomic E-state index is 0.0203. The fourth-order valence-corrected chi connectivity index (χ4v) is 15.5. The molecule has 506 valence electrons. The van der Waals surface area contributed by atoms with Crippen LogP contribution in [-0.2, 0) is 0 Å². The van der Waals surface area contributed by atoms with Gasteiger partial charge in [-0.25, -0.2) is 0 Å². The zero-order valence-corrected chi connectivity index (χ0v) is 55.4.